The number of nitrogens with one attached hydrogen (secondary N) is 2. The molecule has 6 nitrogen and oxygen atoms in total. The van der Waals surface area contributed by atoms with Crippen LogP contribution in [0, 0.1) is 6.92 Å². The molecule has 0 radical (unpaired) electrons. The summed E-state index contributed by atoms with van der Waals surface area (Å²) in [7, 11) is 0. The normalized spacial score (nSPS) is 10.7. The maximum atomic E-state index is 12.2. The number of benzene rings is 2. The van der Waals surface area contributed by atoms with Crippen LogP contribution in [0.25, 0.3) is 11.4 Å². The van der Waals surface area contributed by atoms with Crippen LogP contribution in [0.5, 0.6) is 0 Å². The molecular formula is C23H25N3O3. The van der Waals surface area contributed by atoms with E-state index in [9.17, 15) is 9.59 Å². The number of aromatic amines is 1. The molecule has 1 aromatic heterocycles. The second-order valence-electron chi connectivity index (χ2n) is 6.82. The van der Waals surface area contributed by atoms with Crippen LogP contribution in [0.4, 0.5) is 5.69 Å². The number of carbonyl (C=O) groups excluding carboxylic acids is 1. The van der Waals surface area contributed by atoms with Crippen molar-refractivity contribution < 1.29 is 9.53 Å². The van der Waals surface area contributed by atoms with E-state index in [-0.39, 0.29) is 11.5 Å². The summed E-state index contributed by atoms with van der Waals surface area (Å²) in [4.78, 5) is 30.9. The lowest BCUT2D eigenvalue weighted by Crippen LogP contribution is -2.13. The van der Waals surface area contributed by atoms with E-state index in [4.69, 9.17) is 4.74 Å². The largest absolute Gasteiger partial charge is 0.381 e. The van der Waals surface area contributed by atoms with Crippen LogP contribution in [-0.2, 0) is 16.0 Å². The Morgan fingerprint density at radius 3 is 2.69 bits per heavy atom. The molecule has 0 saturated heterocycles. The number of hydrogen-bond acceptors (Lipinski definition) is 4. The molecule has 1 heterocycles. The third-order valence-electron chi connectivity index (χ3n) is 4.36. The van der Waals surface area contributed by atoms with E-state index < -0.39 is 0 Å². The smallest absolute Gasteiger partial charge is 0.251 e. The Bertz CT molecular complexity index is 1000. The highest BCUT2D eigenvalue weighted by Crippen LogP contribution is 2.19. The number of hydrogen-bond donors (Lipinski definition) is 2. The Kier molecular flexibility index (Phi) is 7.30. The third-order valence-corrected chi connectivity index (χ3v) is 4.36. The molecule has 29 heavy (non-hydrogen) atoms. The van der Waals surface area contributed by atoms with Gasteiger partial charge in [-0.2, -0.15) is 0 Å². The van der Waals surface area contributed by atoms with Gasteiger partial charge >= 0.3 is 0 Å². The second-order valence-corrected chi connectivity index (χ2v) is 6.82. The Morgan fingerprint density at radius 1 is 1.07 bits per heavy atom. The molecule has 0 aliphatic heterocycles. The number of aromatic nitrogens is 2. The lowest BCUT2D eigenvalue weighted by Gasteiger charge is -2.08. The van der Waals surface area contributed by atoms with Gasteiger partial charge in [0.05, 0.1) is 6.61 Å². The lowest BCUT2D eigenvalue weighted by molar-refractivity contribution is -0.116. The number of H-pyrrole nitrogens is 1. The first-order valence-corrected chi connectivity index (χ1v) is 9.70. The summed E-state index contributed by atoms with van der Waals surface area (Å²) < 4.78 is 5.62. The van der Waals surface area contributed by atoms with Gasteiger partial charge in [-0.15, -0.1) is 0 Å². The minimum Gasteiger partial charge on any atom is -0.381 e. The number of amides is 1. The first-order valence-electron chi connectivity index (χ1n) is 9.70. The average Bonchev–Trinajstić information content (AvgIpc) is 2.71. The molecule has 2 N–H and O–H groups in total. The van der Waals surface area contributed by atoms with Crippen molar-refractivity contribution >= 4 is 11.6 Å². The number of nitrogens with zero attached hydrogens (tertiary/aromatic N) is 1. The molecule has 0 spiro atoms. The molecule has 0 bridgehead atoms. The molecule has 0 atom stereocenters. The fourth-order valence-electron chi connectivity index (χ4n) is 2.96. The molecule has 6 heteroatoms. The van der Waals surface area contributed by atoms with Crippen molar-refractivity contribution in [2.24, 2.45) is 0 Å². The van der Waals surface area contributed by atoms with Crippen molar-refractivity contribution in [3.05, 3.63) is 82.3 Å². The molecular weight excluding hydrogens is 366 g/mol. The van der Waals surface area contributed by atoms with Gasteiger partial charge in [-0.25, -0.2) is 4.98 Å². The minimum absolute atomic E-state index is 0.0699. The molecule has 0 aliphatic rings. The predicted octanol–water partition coefficient (Wildman–Crippen LogP) is 3.72. The minimum atomic E-state index is -0.200. The van der Waals surface area contributed by atoms with Gasteiger partial charge in [0, 0.05) is 36.0 Å². The first kappa shape index (κ1) is 20.5. The van der Waals surface area contributed by atoms with Crippen LogP contribution in [-0.4, -0.2) is 29.1 Å². The first-order chi connectivity index (χ1) is 14.1. The summed E-state index contributed by atoms with van der Waals surface area (Å²) in [5, 5.41) is 2.88. The summed E-state index contributed by atoms with van der Waals surface area (Å²) in [6.07, 6.45) is 1.91. The number of aryl methyl sites for hydroxylation is 1. The van der Waals surface area contributed by atoms with E-state index in [0.717, 1.165) is 12.0 Å². The maximum absolute atomic E-state index is 12.2. The molecule has 150 valence electrons. The standard InChI is InChI=1S/C23H25N3O3/c1-17-15-22(28)26-23(24-17)19-9-5-10-20(16-19)25-21(27)11-6-13-29-14-12-18-7-3-2-4-8-18/h2-5,7-10,15-16H,6,11-14H2,1H3,(H,25,27)(H,24,26,28). The van der Waals surface area contributed by atoms with E-state index in [1.807, 2.05) is 36.4 Å². The second kappa shape index (κ2) is 10.3. The van der Waals surface area contributed by atoms with Gasteiger partial charge in [0.2, 0.25) is 5.91 Å². The lowest BCUT2D eigenvalue weighted by atomic mass is 10.1. The average molecular weight is 391 g/mol. The van der Waals surface area contributed by atoms with Crippen molar-refractivity contribution in [3.63, 3.8) is 0 Å². The topological polar surface area (TPSA) is 84.1 Å². The summed E-state index contributed by atoms with van der Waals surface area (Å²) in [6, 6.07) is 18.9. The summed E-state index contributed by atoms with van der Waals surface area (Å²) in [5.74, 6) is 0.414. The van der Waals surface area contributed by atoms with Crippen LogP contribution in [0.1, 0.15) is 24.1 Å². The summed E-state index contributed by atoms with van der Waals surface area (Å²) >= 11 is 0. The van der Waals surface area contributed by atoms with Gasteiger partial charge in [-0.05, 0) is 37.5 Å². The Morgan fingerprint density at radius 2 is 1.90 bits per heavy atom. The highest BCUT2D eigenvalue weighted by atomic mass is 16.5. The molecule has 3 aromatic rings. The van der Waals surface area contributed by atoms with E-state index in [1.54, 1.807) is 13.0 Å². The van der Waals surface area contributed by atoms with Crippen LogP contribution in [0.2, 0.25) is 0 Å². The van der Waals surface area contributed by atoms with Crippen molar-refractivity contribution in [3.8, 4) is 11.4 Å². The quantitative estimate of drug-likeness (QED) is 0.545. The molecule has 1 amide bonds. The van der Waals surface area contributed by atoms with Crippen LogP contribution in [0.3, 0.4) is 0 Å². The van der Waals surface area contributed by atoms with E-state index in [2.05, 4.69) is 27.4 Å². The van der Waals surface area contributed by atoms with Crippen LogP contribution in [0.15, 0.2) is 65.5 Å². The molecule has 0 unspecified atom stereocenters. The number of anilines is 1. The van der Waals surface area contributed by atoms with Gasteiger partial charge in [0.15, 0.2) is 0 Å². The van der Waals surface area contributed by atoms with Crippen molar-refractivity contribution in [2.75, 3.05) is 18.5 Å². The van der Waals surface area contributed by atoms with Crippen molar-refractivity contribution in [2.45, 2.75) is 26.2 Å². The van der Waals surface area contributed by atoms with Gasteiger partial charge < -0.3 is 15.0 Å². The summed E-state index contributed by atoms with van der Waals surface area (Å²) in [5.41, 5.74) is 3.10. The highest BCUT2D eigenvalue weighted by molar-refractivity contribution is 5.91. The molecule has 0 saturated carbocycles. The molecule has 3 rings (SSSR count). The van der Waals surface area contributed by atoms with Gasteiger partial charge in [-0.3, -0.25) is 9.59 Å². The van der Waals surface area contributed by atoms with Gasteiger partial charge in [-0.1, -0.05) is 42.5 Å². The number of rotatable bonds is 9. The van der Waals surface area contributed by atoms with Gasteiger partial charge in [0.25, 0.3) is 5.56 Å². The van der Waals surface area contributed by atoms with E-state index >= 15 is 0 Å². The number of ether oxygens (including phenoxy) is 1. The fraction of sp³-hybridized carbons (Fsp3) is 0.261. The van der Waals surface area contributed by atoms with E-state index in [1.165, 1.54) is 11.6 Å². The molecule has 2 aromatic carbocycles. The maximum Gasteiger partial charge on any atom is 0.251 e. The SMILES string of the molecule is Cc1cc(=O)[nH]c(-c2cccc(NC(=O)CCCOCCc3ccccc3)c2)n1. The monoisotopic (exact) mass is 391 g/mol. The predicted molar refractivity (Wildman–Crippen MR) is 114 cm³/mol. The Balaban J connectivity index is 1.43. The van der Waals surface area contributed by atoms with Crippen LogP contribution >= 0.6 is 0 Å². The zero-order chi connectivity index (χ0) is 20.5. The fourth-order valence-corrected chi connectivity index (χ4v) is 2.96. The van der Waals surface area contributed by atoms with Crippen LogP contribution < -0.4 is 10.9 Å². The van der Waals surface area contributed by atoms with Crippen molar-refractivity contribution in [1.29, 1.82) is 0 Å². The van der Waals surface area contributed by atoms with Gasteiger partial charge in [0.1, 0.15) is 5.82 Å². The molecule has 0 aliphatic carbocycles. The Hall–Kier alpha value is -3.25. The van der Waals surface area contributed by atoms with Crippen molar-refractivity contribution in [1.82, 2.24) is 9.97 Å². The highest BCUT2D eigenvalue weighted by Gasteiger charge is 2.06. The zero-order valence-electron chi connectivity index (χ0n) is 16.5. The molecule has 0 fully saturated rings. The zero-order valence-corrected chi connectivity index (χ0v) is 16.5. The Labute approximate surface area is 170 Å². The third kappa shape index (κ3) is 6.69. The van der Waals surface area contributed by atoms with E-state index in [0.29, 0.717) is 43.3 Å². The summed E-state index contributed by atoms with van der Waals surface area (Å²) in [6.45, 7) is 2.97. The number of carbonyl (C=O) groups is 1.